The number of likely N-dealkylation sites (tertiary alicyclic amines) is 1. The molecule has 0 bridgehead atoms. The van der Waals surface area contributed by atoms with E-state index < -0.39 is 11.6 Å². The lowest BCUT2D eigenvalue weighted by Crippen LogP contribution is -2.44. The summed E-state index contributed by atoms with van der Waals surface area (Å²) in [5.41, 5.74) is 0.683. The maximum atomic E-state index is 12.9. The third-order valence-electron chi connectivity index (χ3n) is 5.16. The molecule has 1 atom stereocenters. The first-order valence-corrected chi connectivity index (χ1v) is 8.91. The molecule has 0 radical (unpaired) electrons. The second-order valence-electron chi connectivity index (χ2n) is 7.11. The van der Waals surface area contributed by atoms with Crippen molar-refractivity contribution in [1.29, 1.82) is 0 Å². The van der Waals surface area contributed by atoms with E-state index in [1.165, 1.54) is 0 Å². The van der Waals surface area contributed by atoms with E-state index in [4.69, 9.17) is 0 Å². The van der Waals surface area contributed by atoms with E-state index in [2.05, 4.69) is 5.32 Å². The maximum Gasteiger partial charge on any atom is 0.325 e. The minimum atomic E-state index is -1.12. The number of rotatable bonds is 3. The van der Waals surface area contributed by atoms with Gasteiger partial charge in [-0.2, -0.15) is 0 Å². The first kappa shape index (κ1) is 17.5. The normalized spacial score (nSPS) is 24.2. The first-order chi connectivity index (χ1) is 11.9. The molecule has 3 rings (SSSR count). The fourth-order valence-corrected chi connectivity index (χ4v) is 3.48. The zero-order valence-corrected chi connectivity index (χ0v) is 14.9. The molecule has 1 aromatic carbocycles. The standard InChI is InChI=1S/C19H25N3O3/c1-14-7-9-15(10-8-14)19(2)17(24)22(18(25)20-19)13-16(23)21-11-5-3-4-6-12-21/h7-10H,3-6,11-13H2,1-2H3,(H,20,25). The van der Waals surface area contributed by atoms with Crippen molar-refractivity contribution < 1.29 is 14.4 Å². The van der Waals surface area contributed by atoms with Crippen molar-refractivity contribution in [2.75, 3.05) is 19.6 Å². The van der Waals surface area contributed by atoms with Gasteiger partial charge in [-0.1, -0.05) is 42.7 Å². The van der Waals surface area contributed by atoms with Crippen LogP contribution in [0.15, 0.2) is 24.3 Å². The van der Waals surface area contributed by atoms with Gasteiger partial charge < -0.3 is 10.2 Å². The Balaban J connectivity index is 1.74. The molecular weight excluding hydrogens is 318 g/mol. The molecule has 0 aromatic heterocycles. The van der Waals surface area contributed by atoms with E-state index in [0.29, 0.717) is 13.1 Å². The largest absolute Gasteiger partial charge is 0.341 e. The van der Waals surface area contributed by atoms with E-state index in [1.807, 2.05) is 31.2 Å². The van der Waals surface area contributed by atoms with Crippen LogP contribution in [0, 0.1) is 6.92 Å². The zero-order valence-electron chi connectivity index (χ0n) is 14.9. The van der Waals surface area contributed by atoms with Gasteiger partial charge in [0.1, 0.15) is 12.1 Å². The Bertz CT molecular complexity index is 678. The summed E-state index contributed by atoms with van der Waals surface area (Å²) in [4.78, 5) is 40.6. The van der Waals surface area contributed by atoms with Crippen LogP contribution >= 0.6 is 0 Å². The van der Waals surface area contributed by atoms with Crippen LogP contribution in [0.2, 0.25) is 0 Å². The van der Waals surface area contributed by atoms with Gasteiger partial charge in [-0.15, -0.1) is 0 Å². The summed E-state index contributed by atoms with van der Waals surface area (Å²) >= 11 is 0. The fourth-order valence-electron chi connectivity index (χ4n) is 3.48. The maximum absolute atomic E-state index is 12.9. The minimum Gasteiger partial charge on any atom is -0.341 e. The molecule has 2 fully saturated rings. The summed E-state index contributed by atoms with van der Waals surface area (Å²) in [6.45, 7) is 4.88. The van der Waals surface area contributed by atoms with Gasteiger partial charge in [-0.05, 0) is 32.3 Å². The number of urea groups is 1. The van der Waals surface area contributed by atoms with Crippen molar-refractivity contribution >= 4 is 17.8 Å². The molecule has 25 heavy (non-hydrogen) atoms. The van der Waals surface area contributed by atoms with Gasteiger partial charge in [0.2, 0.25) is 5.91 Å². The Morgan fingerprint density at radius 3 is 2.28 bits per heavy atom. The minimum absolute atomic E-state index is 0.154. The third kappa shape index (κ3) is 3.38. The predicted molar refractivity (Wildman–Crippen MR) is 93.8 cm³/mol. The summed E-state index contributed by atoms with van der Waals surface area (Å²) in [6, 6.07) is 6.99. The number of hydrogen-bond donors (Lipinski definition) is 1. The lowest BCUT2D eigenvalue weighted by Gasteiger charge is -2.24. The summed E-state index contributed by atoms with van der Waals surface area (Å²) in [5.74, 6) is -0.525. The van der Waals surface area contributed by atoms with Crippen molar-refractivity contribution in [2.24, 2.45) is 0 Å². The van der Waals surface area contributed by atoms with Crippen LogP contribution in [-0.2, 0) is 15.1 Å². The number of nitrogens with one attached hydrogen (secondary N) is 1. The Labute approximate surface area is 148 Å². The van der Waals surface area contributed by atoms with E-state index in [0.717, 1.165) is 41.7 Å². The number of nitrogens with zero attached hydrogens (tertiary/aromatic N) is 2. The van der Waals surface area contributed by atoms with Crippen LogP contribution in [0.25, 0.3) is 0 Å². The van der Waals surface area contributed by atoms with Gasteiger partial charge in [-0.3, -0.25) is 14.5 Å². The molecule has 0 aliphatic carbocycles. The van der Waals surface area contributed by atoms with Crippen molar-refractivity contribution in [3.8, 4) is 0 Å². The number of aryl methyl sites for hydroxylation is 1. The molecule has 4 amide bonds. The molecule has 2 aliphatic heterocycles. The van der Waals surface area contributed by atoms with E-state index in [-0.39, 0.29) is 18.4 Å². The summed E-state index contributed by atoms with van der Waals surface area (Å²) in [6.07, 6.45) is 4.21. The van der Waals surface area contributed by atoms with Gasteiger partial charge in [0, 0.05) is 13.1 Å². The third-order valence-corrected chi connectivity index (χ3v) is 5.16. The second kappa shape index (κ2) is 6.86. The molecular formula is C19H25N3O3. The summed E-state index contributed by atoms with van der Waals surface area (Å²) in [7, 11) is 0. The molecule has 2 saturated heterocycles. The Kier molecular flexibility index (Phi) is 4.79. The predicted octanol–water partition coefficient (Wildman–Crippen LogP) is 2.16. The summed E-state index contributed by atoms with van der Waals surface area (Å²) < 4.78 is 0. The van der Waals surface area contributed by atoms with Gasteiger partial charge in [-0.25, -0.2) is 4.79 Å². The van der Waals surface area contributed by atoms with Crippen molar-refractivity contribution in [1.82, 2.24) is 15.1 Å². The Morgan fingerprint density at radius 2 is 1.68 bits per heavy atom. The molecule has 1 aromatic rings. The van der Waals surface area contributed by atoms with Crippen molar-refractivity contribution in [2.45, 2.75) is 45.1 Å². The van der Waals surface area contributed by atoms with Crippen LogP contribution in [0.1, 0.15) is 43.7 Å². The van der Waals surface area contributed by atoms with E-state index in [1.54, 1.807) is 11.8 Å². The van der Waals surface area contributed by atoms with Gasteiger partial charge in [0.05, 0.1) is 0 Å². The molecule has 6 nitrogen and oxygen atoms in total. The zero-order chi connectivity index (χ0) is 18.0. The smallest absolute Gasteiger partial charge is 0.325 e. The van der Waals surface area contributed by atoms with E-state index in [9.17, 15) is 14.4 Å². The van der Waals surface area contributed by atoms with E-state index >= 15 is 0 Å². The van der Waals surface area contributed by atoms with Crippen LogP contribution in [0.3, 0.4) is 0 Å². The van der Waals surface area contributed by atoms with Gasteiger partial charge >= 0.3 is 6.03 Å². The highest BCUT2D eigenvalue weighted by Crippen LogP contribution is 2.29. The first-order valence-electron chi connectivity index (χ1n) is 8.91. The van der Waals surface area contributed by atoms with Gasteiger partial charge in [0.15, 0.2) is 0 Å². The fraction of sp³-hybridized carbons (Fsp3) is 0.526. The topological polar surface area (TPSA) is 69.7 Å². The molecule has 0 saturated carbocycles. The van der Waals surface area contributed by atoms with Crippen LogP contribution < -0.4 is 5.32 Å². The molecule has 0 spiro atoms. The average Bonchev–Trinajstić information content (AvgIpc) is 2.81. The molecule has 2 heterocycles. The van der Waals surface area contributed by atoms with Crippen LogP contribution in [0.4, 0.5) is 4.79 Å². The second-order valence-corrected chi connectivity index (χ2v) is 7.11. The molecule has 2 aliphatic rings. The molecule has 1 N–H and O–H groups in total. The van der Waals surface area contributed by atoms with Gasteiger partial charge in [0.25, 0.3) is 5.91 Å². The highest BCUT2D eigenvalue weighted by Gasteiger charge is 2.49. The monoisotopic (exact) mass is 343 g/mol. The lowest BCUT2D eigenvalue weighted by atomic mass is 9.91. The molecule has 1 unspecified atom stereocenters. The number of imide groups is 1. The molecule has 134 valence electrons. The molecule has 6 heteroatoms. The number of carbonyl (C=O) groups is 3. The summed E-state index contributed by atoms with van der Waals surface area (Å²) in [5, 5.41) is 2.75. The lowest BCUT2D eigenvalue weighted by molar-refractivity contribution is -0.138. The number of amides is 4. The number of carbonyl (C=O) groups excluding carboxylic acids is 3. The highest BCUT2D eigenvalue weighted by atomic mass is 16.2. The number of hydrogen-bond acceptors (Lipinski definition) is 3. The van der Waals surface area contributed by atoms with Crippen LogP contribution in [-0.4, -0.2) is 47.3 Å². The van der Waals surface area contributed by atoms with Crippen LogP contribution in [0.5, 0.6) is 0 Å². The average molecular weight is 343 g/mol. The SMILES string of the molecule is Cc1ccc(C2(C)NC(=O)N(CC(=O)N3CCCCCC3)C2=O)cc1. The number of benzene rings is 1. The highest BCUT2D eigenvalue weighted by molar-refractivity contribution is 6.09. The van der Waals surface area contributed by atoms with Crippen molar-refractivity contribution in [3.63, 3.8) is 0 Å². The Hall–Kier alpha value is -2.37. The van der Waals surface area contributed by atoms with Crippen molar-refractivity contribution in [3.05, 3.63) is 35.4 Å². The Morgan fingerprint density at radius 1 is 1.08 bits per heavy atom. The quantitative estimate of drug-likeness (QED) is 0.855.